The fraction of sp³-hybridized carbons (Fsp3) is 0.0667. The Balaban J connectivity index is 1.42. The number of rotatable bonds is 7. The van der Waals surface area contributed by atoms with Crippen molar-refractivity contribution in [2.45, 2.75) is 6.92 Å². The molecule has 0 fully saturated rings. The number of thiophene rings is 1. The predicted octanol–water partition coefficient (Wildman–Crippen LogP) is 7.96. The summed E-state index contributed by atoms with van der Waals surface area (Å²) in [6.45, 7) is 1.97. The molecule has 6 aromatic rings. The molecule has 7 nitrogen and oxygen atoms in total. The third-order valence-corrected chi connectivity index (χ3v) is 8.68. The average molecular weight is 585 g/mol. The van der Waals surface area contributed by atoms with Crippen LogP contribution in [0.15, 0.2) is 91.0 Å². The first kappa shape index (κ1) is 25.9. The molecule has 10 heteroatoms. The van der Waals surface area contributed by atoms with Crippen LogP contribution in [0.3, 0.4) is 0 Å². The van der Waals surface area contributed by atoms with Crippen LogP contribution in [0.2, 0.25) is 5.02 Å². The molecule has 1 amide bonds. The van der Waals surface area contributed by atoms with E-state index in [0.717, 1.165) is 33.0 Å². The highest BCUT2D eigenvalue weighted by Crippen LogP contribution is 2.43. The molecule has 0 unspecified atom stereocenters. The highest BCUT2D eigenvalue weighted by molar-refractivity contribution is 7.22. The third-order valence-electron chi connectivity index (χ3n) is 6.07. The molecule has 0 bridgehead atoms. The van der Waals surface area contributed by atoms with Gasteiger partial charge in [-0.25, -0.2) is 14.5 Å². The van der Waals surface area contributed by atoms with Crippen molar-refractivity contribution in [2.24, 2.45) is 0 Å². The molecule has 0 aliphatic rings. The molecule has 0 aliphatic carbocycles. The van der Waals surface area contributed by atoms with Gasteiger partial charge in [0.05, 0.1) is 28.4 Å². The van der Waals surface area contributed by atoms with E-state index in [0.29, 0.717) is 31.6 Å². The van der Waals surface area contributed by atoms with Crippen molar-refractivity contribution in [3.8, 4) is 28.2 Å². The normalized spacial score (nSPS) is 11.1. The van der Waals surface area contributed by atoms with Gasteiger partial charge in [0.15, 0.2) is 5.13 Å². The molecule has 1 N–H and O–H groups in total. The van der Waals surface area contributed by atoms with Crippen LogP contribution in [0.5, 0.6) is 0 Å². The largest absolute Gasteiger partial charge is 0.462 e. The van der Waals surface area contributed by atoms with E-state index in [4.69, 9.17) is 21.4 Å². The number of hydrogen-bond donors (Lipinski definition) is 1. The van der Waals surface area contributed by atoms with Crippen LogP contribution in [0.4, 0.5) is 5.13 Å². The van der Waals surface area contributed by atoms with Crippen LogP contribution in [-0.4, -0.2) is 33.2 Å². The zero-order valence-electron chi connectivity index (χ0n) is 21.1. The van der Waals surface area contributed by atoms with E-state index in [-0.39, 0.29) is 11.7 Å². The molecular weight excluding hydrogens is 564 g/mol. The molecule has 0 radical (unpaired) electrons. The van der Waals surface area contributed by atoms with E-state index in [1.165, 1.54) is 11.3 Å². The topological polar surface area (TPSA) is 86.1 Å². The highest BCUT2D eigenvalue weighted by atomic mass is 35.5. The SMILES string of the molecule is CCOC(=O)c1sc(NC(=O)c2sc3c(c(-c4ccccc4)nn3-c3ccccc3)c2Cl)nc1-c1ccccc1. The van der Waals surface area contributed by atoms with E-state index < -0.39 is 11.9 Å². The predicted molar refractivity (Wildman–Crippen MR) is 161 cm³/mol. The van der Waals surface area contributed by atoms with Gasteiger partial charge in [-0.1, -0.05) is 102 Å². The Bertz CT molecular complexity index is 1830. The number of nitrogens with one attached hydrogen (secondary N) is 1. The summed E-state index contributed by atoms with van der Waals surface area (Å²) in [5.41, 5.74) is 3.63. The second-order valence-corrected chi connectivity index (χ2v) is 11.0. The zero-order valence-corrected chi connectivity index (χ0v) is 23.5. The lowest BCUT2D eigenvalue weighted by atomic mass is 10.1. The molecule has 3 aromatic carbocycles. The van der Waals surface area contributed by atoms with Crippen LogP contribution in [-0.2, 0) is 4.74 Å². The first-order valence-electron chi connectivity index (χ1n) is 12.4. The minimum atomic E-state index is -0.491. The molecule has 0 spiro atoms. The molecule has 3 aromatic heterocycles. The van der Waals surface area contributed by atoms with Gasteiger partial charge in [-0.3, -0.25) is 10.1 Å². The van der Waals surface area contributed by atoms with Gasteiger partial charge >= 0.3 is 5.97 Å². The van der Waals surface area contributed by atoms with Gasteiger partial charge in [-0.2, -0.15) is 5.10 Å². The number of amides is 1. The summed E-state index contributed by atoms with van der Waals surface area (Å²) < 4.78 is 7.05. The number of carbonyl (C=O) groups is 2. The quantitative estimate of drug-likeness (QED) is 0.192. The smallest absolute Gasteiger partial charge is 0.350 e. The molecule has 3 heterocycles. The molecule has 6 rings (SSSR count). The number of carbonyl (C=O) groups excluding carboxylic acids is 2. The molecule has 0 saturated heterocycles. The van der Waals surface area contributed by atoms with Crippen LogP contribution < -0.4 is 5.32 Å². The maximum absolute atomic E-state index is 13.6. The summed E-state index contributed by atoms with van der Waals surface area (Å²) in [5, 5.41) is 9.00. The number of thiazole rings is 1. The van der Waals surface area contributed by atoms with Crippen molar-refractivity contribution < 1.29 is 14.3 Å². The van der Waals surface area contributed by atoms with Crippen molar-refractivity contribution in [3.05, 3.63) is 106 Å². The molecular formula is C30H21ClN4O3S2. The number of benzene rings is 3. The highest BCUT2D eigenvalue weighted by Gasteiger charge is 2.27. The standard InChI is InChI=1S/C30H21ClN4O3S2/c1-2-38-29(37)26-24(19-14-8-4-9-15-19)32-30(40-26)33-27(36)25-22(31)21-23(18-12-6-3-7-13-18)34-35(28(21)39-25)20-16-10-5-11-17-20/h3-17H,2H2,1H3,(H,32,33,36). The first-order chi connectivity index (χ1) is 19.5. The Hall–Kier alpha value is -4.31. The summed E-state index contributed by atoms with van der Waals surface area (Å²) >= 11 is 9.22. The Labute approximate surface area is 242 Å². The maximum atomic E-state index is 13.6. The van der Waals surface area contributed by atoms with Crippen molar-refractivity contribution in [1.29, 1.82) is 0 Å². The van der Waals surface area contributed by atoms with Crippen LogP contribution in [0.1, 0.15) is 26.3 Å². The fourth-order valence-corrected chi connectivity index (χ4v) is 6.67. The molecule has 0 saturated carbocycles. The number of halogens is 1. The van der Waals surface area contributed by atoms with Crippen molar-refractivity contribution in [1.82, 2.24) is 14.8 Å². The molecule has 40 heavy (non-hydrogen) atoms. The van der Waals surface area contributed by atoms with Gasteiger partial charge < -0.3 is 4.74 Å². The van der Waals surface area contributed by atoms with Crippen LogP contribution in [0.25, 0.3) is 38.4 Å². The minimum absolute atomic E-state index is 0.228. The van der Waals surface area contributed by atoms with E-state index in [2.05, 4.69) is 10.3 Å². The summed E-state index contributed by atoms with van der Waals surface area (Å²) in [4.78, 5) is 32.3. The molecule has 198 valence electrons. The zero-order chi connectivity index (χ0) is 27.6. The average Bonchev–Trinajstić information content (AvgIpc) is 3.68. The summed E-state index contributed by atoms with van der Waals surface area (Å²) in [6, 6.07) is 28.7. The summed E-state index contributed by atoms with van der Waals surface area (Å²) in [6.07, 6.45) is 0. The fourth-order valence-electron chi connectivity index (χ4n) is 4.29. The number of nitrogens with zero attached hydrogens (tertiary/aromatic N) is 3. The van der Waals surface area contributed by atoms with Gasteiger partial charge in [-0.15, -0.1) is 11.3 Å². The van der Waals surface area contributed by atoms with Gasteiger partial charge in [0, 0.05) is 11.1 Å². The number of anilines is 1. The number of para-hydroxylation sites is 1. The maximum Gasteiger partial charge on any atom is 0.350 e. The van der Waals surface area contributed by atoms with Crippen molar-refractivity contribution >= 4 is 61.5 Å². The minimum Gasteiger partial charge on any atom is -0.462 e. The number of hydrogen-bond acceptors (Lipinski definition) is 7. The van der Waals surface area contributed by atoms with Crippen LogP contribution >= 0.6 is 34.3 Å². The Morgan fingerprint density at radius 2 is 1.45 bits per heavy atom. The monoisotopic (exact) mass is 584 g/mol. The number of fused-ring (bicyclic) bond motifs is 1. The Kier molecular flexibility index (Phi) is 7.17. The number of aromatic nitrogens is 3. The lowest BCUT2D eigenvalue weighted by Gasteiger charge is -2.03. The lowest BCUT2D eigenvalue weighted by Crippen LogP contribution is -2.10. The number of esters is 1. The second kappa shape index (κ2) is 11.1. The summed E-state index contributed by atoms with van der Waals surface area (Å²) in [7, 11) is 0. The first-order valence-corrected chi connectivity index (χ1v) is 14.4. The van der Waals surface area contributed by atoms with E-state index in [1.54, 1.807) is 11.6 Å². The van der Waals surface area contributed by atoms with E-state index in [9.17, 15) is 9.59 Å². The van der Waals surface area contributed by atoms with Gasteiger partial charge in [0.2, 0.25) is 0 Å². The van der Waals surface area contributed by atoms with Gasteiger partial charge in [-0.05, 0) is 19.1 Å². The van der Waals surface area contributed by atoms with E-state index >= 15 is 0 Å². The second-order valence-electron chi connectivity index (χ2n) is 8.62. The summed E-state index contributed by atoms with van der Waals surface area (Å²) in [5.74, 6) is -0.914. The van der Waals surface area contributed by atoms with Gasteiger partial charge in [0.1, 0.15) is 20.3 Å². The Morgan fingerprint density at radius 3 is 2.08 bits per heavy atom. The Morgan fingerprint density at radius 1 is 0.850 bits per heavy atom. The van der Waals surface area contributed by atoms with Gasteiger partial charge in [0.25, 0.3) is 5.91 Å². The molecule has 0 aliphatic heterocycles. The lowest BCUT2D eigenvalue weighted by molar-refractivity contribution is 0.0532. The third kappa shape index (κ3) is 4.79. The van der Waals surface area contributed by atoms with E-state index in [1.807, 2.05) is 91.0 Å². The number of ether oxygens (including phenoxy) is 1. The molecule has 0 atom stereocenters. The van der Waals surface area contributed by atoms with Crippen molar-refractivity contribution in [3.63, 3.8) is 0 Å². The van der Waals surface area contributed by atoms with Crippen molar-refractivity contribution in [2.75, 3.05) is 11.9 Å². The van der Waals surface area contributed by atoms with Crippen LogP contribution in [0, 0.1) is 0 Å².